The number of pyridine rings is 1. The first-order chi connectivity index (χ1) is 16.4. The van der Waals surface area contributed by atoms with E-state index in [-0.39, 0.29) is 23.2 Å². The van der Waals surface area contributed by atoms with Gasteiger partial charge in [-0.25, -0.2) is 14.6 Å². The van der Waals surface area contributed by atoms with E-state index in [0.29, 0.717) is 35.7 Å². The maximum Gasteiger partial charge on any atom is 0.299 e. The van der Waals surface area contributed by atoms with Crippen LogP contribution in [0.1, 0.15) is 52.5 Å². The molecule has 4 rings (SSSR count). The molecule has 0 aliphatic carbocycles. The molecule has 1 aliphatic rings. The molecule has 2 aromatic heterocycles. The molecule has 1 fully saturated rings. The Kier molecular flexibility index (Phi) is 6.27. The predicted octanol–water partition coefficient (Wildman–Crippen LogP) is 1.70. The maximum atomic E-state index is 12.5. The minimum absolute atomic E-state index is 0.0153. The lowest BCUT2D eigenvalue weighted by Gasteiger charge is -2.21. The molecule has 3 heterocycles. The Labute approximate surface area is 195 Å². The molecule has 1 saturated heterocycles. The van der Waals surface area contributed by atoms with Crippen molar-refractivity contribution in [1.82, 2.24) is 19.5 Å². The zero-order valence-electron chi connectivity index (χ0n) is 18.5. The van der Waals surface area contributed by atoms with Gasteiger partial charge in [-0.1, -0.05) is 24.1 Å². The smallest absolute Gasteiger partial charge is 0.299 e. The van der Waals surface area contributed by atoms with Crippen molar-refractivity contribution in [2.24, 2.45) is 5.73 Å². The van der Waals surface area contributed by atoms with Crippen molar-refractivity contribution in [3.05, 3.63) is 65.7 Å². The number of carbonyl (C=O) groups is 3. The summed E-state index contributed by atoms with van der Waals surface area (Å²) in [6, 6.07) is 11.3. The van der Waals surface area contributed by atoms with Gasteiger partial charge in [0.2, 0.25) is 0 Å². The Morgan fingerprint density at radius 1 is 1.15 bits per heavy atom. The number of hydrogen-bond acceptors (Lipinski definition) is 6. The minimum atomic E-state index is -0.752. The standard InChI is InChI=1S/C24H23N7O3/c1-2-6-19(32)30-14-5-7-17(30)23-29-20(21(22(25)33)31(23)26)15-9-11-16(12-10-15)24(34)28-18-8-3-4-13-27-18/h3-4,8-13,17H,5,7,14,26H2,1H3,(H2,25,33)(H,27,28,34)/t17-/m0/s1. The van der Waals surface area contributed by atoms with Crippen LogP contribution in [0.2, 0.25) is 0 Å². The number of nitrogens with one attached hydrogen (secondary N) is 1. The summed E-state index contributed by atoms with van der Waals surface area (Å²) in [5.74, 6) is 10.8. The third-order valence-corrected chi connectivity index (χ3v) is 5.54. The van der Waals surface area contributed by atoms with Gasteiger partial charge in [-0.05, 0) is 50.0 Å². The lowest BCUT2D eigenvalue weighted by molar-refractivity contribution is -0.126. The van der Waals surface area contributed by atoms with Gasteiger partial charge >= 0.3 is 0 Å². The highest BCUT2D eigenvalue weighted by Crippen LogP contribution is 2.34. The molecular formula is C24H23N7O3. The van der Waals surface area contributed by atoms with E-state index in [4.69, 9.17) is 11.6 Å². The van der Waals surface area contributed by atoms with Crippen molar-refractivity contribution in [2.45, 2.75) is 25.8 Å². The van der Waals surface area contributed by atoms with Crippen LogP contribution in [0.4, 0.5) is 5.82 Å². The van der Waals surface area contributed by atoms with E-state index < -0.39 is 11.9 Å². The molecule has 1 aliphatic heterocycles. The van der Waals surface area contributed by atoms with Crippen molar-refractivity contribution in [1.29, 1.82) is 0 Å². The fraction of sp³-hybridized carbons (Fsp3) is 0.208. The molecular weight excluding hydrogens is 434 g/mol. The lowest BCUT2D eigenvalue weighted by atomic mass is 10.1. The van der Waals surface area contributed by atoms with E-state index in [1.54, 1.807) is 60.5 Å². The van der Waals surface area contributed by atoms with E-state index in [1.165, 1.54) is 0 Å². The largest absolute Gasteiger partial charge is 0.364 e. The zero-order valence-corrected chi connectivity index (χ0v) is 18.5. The lowest BCUT2D eigenvalue weighted by Crippen LogP contribution is -2.33. The van der Waals surface area contributed by atoms with E-state index in [2.05, 4.69) is 27.1 Å². The summed E-state index contributed by atoms with van der Waals surface area (Å²) < 4.78 is 1.15. The number of nitrogen functional groups attached to an aromatic ring is 1. The Balaban J connectivity index is 1.65. The molecule has 0 radical (unpaired) electrons. The first-order valence-corrected chi connectivity index (χ1v) is 10.6. The normalized spacial score (nSPS) is 14.9. The van der Waals surface area contributed by atoms with Crippen LogP contribution < -0.4 is 16.9 Å². The first kappa shape index (κ1) is 22.5. The average Bonchev–Trinajstić information content (AvgIpc) is 3.44. The number of nitrogens with zero attached hydrogens (tertiary/aromatic N) is 4. The third-order valence-electron chi connectivity index (χ3n) is 5.54. The molecule has 0 unspecified atom stereocenters. The molecule has 0 spiro atoms. The maximum absolute atomic E-state index is 12.5. The topological polar surface area (TPSA) is 149 Å². The minimum Gasteiger partial charge on any atom is -0.364 e. The first-order valence-electron chi connectivity index (χ1n) is 10.6. The van der Waals surface area contributed by atoms with Gasteiger partial charge in [0.1, 0.15) is 11.5 Å². The van der Waals surface area contributed by atoms with Crippen LogP contribution in [0, 0.1) is 11.8 Å². The molecule has 10 heteroatoms. The van der Waals surface area contributed by atoms with Crippen molar-refractivity contribution in [3.63, 3.8) is 0 Å². The summed E-state index contributed by atoms with van der Waals surface area (Å²) in [7, 11) is 0. The Hall–Kier alpha value is -4.65. The Bertz CT molecular complexity index is 1300. The summed E-state index contributed by atoms with van der Waals surface area (Å²) in [5.41, 5.74) is 6.86. The zero-order chi connectivity index (χ0) is 24.2. The molecule has 34 heavy (non-hydrogen) atoms. The summed E-state index contributed by atoms with van der Waals surface area (Å²) in [6.45, 7) is 2.11. The van der Waals surface area contributed by atoms with Crippen LogP contribution >= 0.6 is 0 Å². The van der Waals surface area contributed by atoms with Gasteiger partial charge in [-0.3, -0.25) is 14.4 Å². The Morgan fingerprint density at radius 2 is 1.91 bits per heavy atom. The predicted molar refractivity (Wildman–Crippen MR) is 126 cm³/mol. The number of rotatable bonds is 5. The van der Waals surface area contributed by atoms with Crippen molar-refractivity contribution >= 4 is 23.5 Å². The van der Waals surface area contributed by atoms with E-state index in [1.807, 2.05) is 0 Å². The molecule has 3 amide bonds. The quantitative estimate of drug-likeness (QED) is 0.392. The van der Waals surface area contributed by atoms with Gasteiger partial charge in [0.25, 0.3) is 17.7 Å². The van der Waals surface area contributed by atoms with Crippen LogP contribution in [0.5, 0.6) is 0 Å². The number of aromatic nitrogens is 3. The van der Waals surface area contributed by atoms with Gasteiger partial charge < -0.3 is 21.8 Å². The van der Waals surface area contributed by atoms with Crippen LogP contribution in [0.25, 0.3) is 11.3 Å². The summed E-state index contributed by atoms with van der Waals surface area (Å²) in [6.07, 6.45) is 2.98. The van der Waals surface area contributed by atoms with Crippen LogP contribution in [-0.4, -0.2) is 43.8 Å². The third kappa shape index (κ3) is 4.31. The highest BCUT2D eigenvalue weighted by atomic mass is 16.2. The van der Waals surface area contributed by atoms with Crippen molar-refractivity contribution in [2.75, 3.05) is 17.7 Å². The number of primary amides is 1. The van der Waals surface area contributed by atoms with E-state index in [0.717, 1.165) is 11.1 Å². The number of nitrogens with two attached hydrogens (primary N) is 2. The number of hydrogen-bond donors (Lipinski definition) is 3. The fourth-order valence-electron chi connectivity index (χ4n) is 3.98. The molecule has 5 N–H and O–H groups in total. The van der Waals surface area contributed by atoms with Crippen molar-refractivity contribution < 1.29 is 14.4 Å². The molecule has 1 atom stereocenters. The monoisotopic (exact) mass is 457 g/mol. The van der Waals surface area contributed by atoms with Crippen LogP contribution in [0.15, 0.2) is 48.7 Å². The van der Waals surface area contributed by atoms with Crippen LogP contribution in [0.3, 0.4) is 0 Å². The fourth-order valence-corrected chi connectivity index (χ4v) is 3.98. The molecule has 0 saturated carbocycles. The number of benzene rings is 1. The molecule has 10 nitrogen and oxygen atoms in total. The van der Waals surface area contributed by atoms with Gasteiger partial charge in [-0.15, -0.1) is 0 Å². The van der Waals surface area contributed by atoms with Gasteiger partial charge in [0.15, 0.2) is 11.5 Å². The Morgan fingerprint density at radius 3 is 2.56 bits per heavy atom. The molecule has 0 bridgehead atoms. The molecule has 3 aromatic rings. The van der Waals surface area contributed by atoms with Gasteiger partial charge in [0, 0.05) is 23.9 Å². The number of carbonyl (C=O) groups excluding carboxylic acids is 3. The van der Waals surface area contributed by atoms with E-state index in [9.17, 15) is 14.4 Å². The summed E-state index contributed by atoms with van der Waals surface area (Å²) in [5, 5.41) is 2.71. The highest BCUT2D eigenvalue weighted by Gasteiger charge is 2.35. The number of likely N-dealkylation sites (tertiary alicyclic amines) is 1. The summed E-state index contributed by atoms with van der Waals surface area (Å²) in [4.78, 5) is 47.4. The second kappa shape index (κ2) is 9.46. The number of anilines is 1. The highest BCUT2D eigenvalue weighted by molar-refractivity contribution is 6.04. The summed E-state index contributed by atoms with van der Waals surface area (Å²) >= 11 is 0. The SMILES string of the molecule is CC#CC(=O)N1CCC[C@H]1c1nc(-c2ccc(C(=O)Nc3ccccn3)cc2)c(C(N)=O)n1N. The second-order valence-electron chi connectivity index (χ2n) is 7.68. The van der Waals surface area contributed by atoms with Crippen LogP contribution in [-0.2, 0) is 4.79 Å². The average molecular weight is 457 g/mol. The van der Waals surface area contributed by atoms with Gasteiger partial charge in [-0.2, -0.15) is 0 Å². The van der Waals surface area contributed by atoms with Crippen molar-refractivity contribution in [3.8, 4) is 23.1 Å². The number of imidazole rings is 1. The molecule has 172 valence electrons. The number of amides is 3. The van der Waals surface area contributed by atoms with E-state index >= 15 is 0 Å². The second-order valence-corrected chi connectivity index (χ2v) is 7.68. The molecule has 1 aromatic carbocycles. The van der Waals surface area contributed by atoms with Gasteiger partial charge in [0.05, 0.1) is 6.04 Å².